The zero-order valence-electron chi connectivity index (χ0n) is 15.9. The first-order valence-electron chi connectivity index (χ1n) is 11.0. The van der Waals surface area contributed by atoms with Gasteiger partial charge in [0.2, 0.25) is 0 Å². The van der Waals surface area contributed by atoms with Gasteiger partial charge >= 0.3 is 0 Å². The molecule has 4 fully saturated rings. The average Bonchev–Trinajstić information content (AvgIpc) is 3.55. The van der Waals surface area contributed by atoms with Crippen molar-refractivity contribution < 1.29 is 0 Å². The standard InChI is InChI=1S/C24H35N/c1-17-11-12-25-16-22(17)23-15-24(23)14-21(24)13-18-7-9-20(10-8-18)19-5-3-2-4-6-19/h2-6,17-18,20-23,25H,7-16H2,1H3/t17-,18?,20?,21?,22?,23?,24-/m0/s1. The average molecular weight is 338 g/mol. The highest BCUT2D eigenvalue weighted by molar-refractivity contribution is 5.22. The van der Waals surface area contributed by atoms with Gasteiger partial charge in [0, 0.05) is 0 Å². The third kappa shape index (κ3) is 3.07. The number of benzene rings is 1. The molecular weight excluding hydrogens is 302 g/mol. The highest BCUT2D eigenvalue weighted by Crippen LogP contribution is 2.78. The second kappa shape index (κ2) is 6.41. The molecule has 1 heterocycles. The first-order valence-corrected chi connectivity index (χ1v) is 11.0. The van der Waals surface area contributed by atoms with Crippen LogP contribution in [0.15, 0.2) is 30.3 Å². The predicted molar refractivity (Wildman–Crippen MR) is 105 cm³/mol. The van der Waals surface area contributed by atoms with Gasteiger partial charge in [-0.2, -0.15) is 0 Å². The zero-order valence-corrected chi connectivity index (χ0v) is 15.9. The molecule has 1 aliphatic heterocycles. The first kappa shape index (κ1) is 16.4. The second-order valence-electron chi connectivity index (χ2n) is 9.94. The van der Waals surface area contributed by atoms with Crippen LogP contribution in [-0.4, -0.2) is 13.1 Å². The Bertz CT molecular complexity index is 587. The maximum Gasteiger partial charge on any atom is -0.00151 e. The summed E-state index contributed by atoms with van der Waals surface area (Å²) in [5.41, 5.74) is 2.43. The van der Waals surface area contributed by atoms with E-state index in [4.69, 9.17) is 0 Å². The molecule has 0 amide bonds. The Morgan fingerprint density at radius 1 is 1.00 bits per heavy atom. The summed E-state index contributed by atoms with van der Waals surface area (Å²) in [5.74, 6) is 6.02. The molecule has 136 valence electrons. The van der Waals surface area contributed by atoms with Gasteiger partial charge in [-0.05, 0) is 111 Å². The maximum atomic E-state index is 3.67. The third-order valence-electron chi connectivity index (χ3n) is 8.60. The van der Waals surface area contributed by atoms with E-state index in [1.54, 1.807) is 24.8 Å². The summed E-state index contributed by atoms with van der Waals surface area (Å²) in [6.07, 6.45) is 12.0. The number of piperidine rings is 1. The van der Waals surface area contributed by atoms with Crippen LogP contribution in [0.3, 0.4) is 0 Å². The summed E-state index contributed by atoms with van der Waals surface area (Å²) in [6, 6.07) is 11.3. The predicted octanol–water partition coefficient (Wildman–Crippen LogP) is 5.62. The van der Waals surface area contributed by atoms with Gasteiger partial charge in [0.05, 0.1) is 0 Å². The molecule has 1 heteroatoms. The van der Waals surface area contributed by atoms with Gasteiger partial charge in [0.15, 0.2) is 0 Å². The molecule has 5 atom stereocenters. The minimum absolute atomic E-state index is 0.841. The Balaban J connectivity index is 1.11. The fraction of sp³-hybridized carbons (Fsp3) is 0.750. The molecule has 1 saturated heterocycles. The van der Waals surface area contributed by atoms with Crippen LogP contribution in [0.4, 0.5) is 0 Å². The molecule has 1 spiro atoms. The van der Waals surface area contributed by atoms with Crippen LogP contribution in [0, 0.1) is 35.0 Å². The third-order valence-corrected chi connectivity index (χ3v) is 8.60. The van der Waals surface area contributed by atoms with Crippen molar-refractivity contribution in [3.63, 3.8) is 0 Å². The maximum absolute atomic E-state index is 3.67. The van der Waals surface area contributed by atoms with E-state index in [0.717, 1.165) is 40.9 Å². The lowest BCUT2D eigenvalue weighted by molar-refractivity contribution is 0.227. The van der Waals surface area contributed by atoms with Gasteiger partial charge in [0.1, 0.15) is 0 Å². The van der Waals surface area contributed by atoms with E-state index in [2.05, 4.69) is 42.6 Å². The normalized spacial score (nSPS) is 46.1. The van der Waals surface area contributed by atoms with Crippen LogP contribution in [0.1, 0.15) is 69.8 Å². The molecule has 3 aliphatic carbocycles. The number of hydrogen-bond donors (Lipinski definition) is 1. The van der Waals surface area contributed by atoms with Crippen molar-refractivity contribution in [2.45, 2.75) is 64.2 Å². The monoisotopic (exact) mass is 337 g/mol. The van der Waals surface area contributed by atoms with Gasteiger partial charge in [-0.3, -0.25) is 0 Å². The fourth-order valence-corrected chi connectivity index (χ4v) is 6.76. The Morgan fingerprint density at radius 3 is 2.56 bits per heavy atom. The van der Waals surface area contributed by atoms with Crippen molar-refractivity contribution >= 4 is 0 Å². The van der Waals surface area contributed by atoms with E-state index in [0.29, 0.717) is 0 Å². The smallest absolute Gasteiger partial charge is 0.00151 e. The minimum atomic E-state index is 0.841. The quantitative estimate of drug-likeness (QED) is 0.751. The summed E-state index contributed by atoms with van der Waals surface area (Å²) in [5, 5.41) is 3.67. The molecular formula is C24H35N. The van der Waals surface area contributed by atoms with Crippen LogP contribution < -0.4 is 5.32 Å². The summed E-state index contributed by atoms with van der Waals surface area (Å²) < 4.78 is 0. The van der Waals surface area contributed by atoms with Crippen LogP contribution >= 0.6 is 0 Å². The Hall–Kier alpha value is -0.820. The van der Waals surface area contributed by atoms with Gasteiger partial charge in [0.25, 0.3) is 0 Å². The van der Waals surface area contributed by atoms with E-state index in [1.165, 1.54) is 45.2 Å². The summed E-state index contributed by atoms with van der Waals surface area (Å²) >= 11 is 0. The minimum Gasteiger partial charge on any atom is -0.316 e. The van der Waals surface area contributed by atoms with Crippen molar-refractivity contribution in [2.75, 3.05) is 13.1 Å². The molecule has 1 N–H and O–H groups in total. The van der Waals surface area contributed by atoms with Crippen molar-refractivity contribution in [1.82, 2.24) is 5.32 Å². The lowest BCUT2D eigenvalue weighted by Crippen LogP contribution is -2.37. The second-order valence-corrected chi connectivity index (χ2v) is 9.94. The van der Waals surface area contributed by atoms with Crippen molar-refractivity contribution in [2.24, 2.45) is 35.0 Å². The van der Waals surface area contributed by atoms with Crippen molar-refractivity contribution in [1.29, 1.82) is 0 Å². The number of hydrogen-bond acceptors (Lipinski definition) is 1. The summed E-state index contributed by atoms with van der Waals surface area (Å²) in [7, 11) is 0. The van der Waals surface area contributed by atoms with E-state index in [-0.39, 0.29) is 0 Å². The van der Waals surface area contributed by atoms with Crippen LogP contribution in [0.5, 0.6) is 0 Å². The molecule has 5 rings (SSSR count). The Kier molecular flexibility index (Phi) is 4.19. The van der Waals surface area contributed by atoms with Gasteiger partial charge in [-0.15, -0.1) is 0 Å². The van der Waals surface area contributed by atoms with Gasteiger partial charge < -0.3 is 5.32 Å². The fourth-order valence-electron chi connectivity index (χ4n) is 6.76. The Labute approximate surface area is 154 Å². The molecule has 0 bridgehead atoms. The molecule has 25 heavy (non-hydrogen) atoms. The molecule has 4 aliphatic rings. The van der Waals surface area contributed by atoms with E-state index in [9.17, 15) is 0 Å². The molecule has 1 nitrogen and oxygen atoms in total. The van der Waals surface area contributed by atoms with Crippen molar-refractivity contribution in [3.8, 4) is 0 Å². The van der Waals surface area contributed by atoms with Gasteiger partial charge in [-0.1, -0.05) is 37.3 Å². The molecule has 3 unspecified atom stereocenters. The largest absolute Gasteiger partial charge is 0.316 e. The lowest BCUT2D eigenvalue weighted by Gasteiger charge is -2.30. The first-order chi connectivity index (χ1) is 12.3. The molecule has 3 saturated carbocycles. The number of rotatable bonds is 4. The molecule has 1 aromatic carbocycles. The SMILES string of the molecule is C[C@H]1CCNCC1C1C[C@]12CC2CC1CCC(c2ccccc2)CC1. The van der Waals surface area contributed by atoms with Gasteiger partial charge in [-0.25, -0.2) is 0 Å². The highest BCUT2D eigenvalue weighted by Gasteiger charge is 2.71. The Morgan fingerprint density at radius 2 is 1.80 bits per heavy atom. The summed E-state index contributed by atoms with van der Waals surface area (Å²) in [6.45, 7) is 5.08. The zero-order chi connectivity index (χ0) is 16.9. The molecule has 0 radical (unpaired) electrons. The van der Waals surface area contributed by atoms with E-state index in [1.807, 2.05) is 0 Å². The summed E-state index contributed by atoms with van der Waals surface area (Å²) in [4.78, 5) is 0. The lowest BCUT2D eigenvalue weighted by atomic mass is 9.76. The van der Waals surface area contributed by atoms with Crippen LogP contribution in [0.25, 0.3) is 0 Å². The van der Waals surface area contributed by atoms with Crippen molar-refractivity contribution in [3.05, 3.63) is 35.9 Å². The van der Waals surface area contributed by atoms with Crippen LogP contribution in [0.2, 0.25) is 0 Å². The topological polar surface area (TPSA) is 12.0 Å². The van der Waals surface area contributed by atoms with E-state index < -0.39 is 0 Å². The van der Waals surface area contributed by atoms with Crippen LogP contribution in [-0.2, 0) is 0 Å². The molecule has 1 aromatic rings. The highest BCUT2D eigenvalue weighted by atomic mass is 14.9. The van der Waals surface area contributed by atoms with E-state index >= 15 is 0 Å². The molecule has 0 aromatic heterocycles. The number of nitrogens with one attached hydrogen (secondary N) is 1.